The fourth-order valence-electron chi connectivity index (χ4n) is 0.926. The molecule has 0 radical (unpaired) electrons. The molecule has 0 saturated carbocycles. The van der Waals surface area contributed by atoms with E-state index in [4.69, 9.17) is 11.6 Å². The number of methoxy groups -OCH3 is 1. The van der Waals surface area contributed by atoms with Crippen LogP contribution in [-0.2, 0) is 5.88 Å². The average molecular weight is 226 g/mol. The van der Waals surface area contributed by atoms with Gasteiger partial charge in [0.2, 0.25) is 0 Å². The van der Waals surface area contributed by atoms with Gasteiger partial charge in [-0.3, -0.25) is 0 Å². The van der Waals surface area contributed by atoms with Gasteiger partial charge in [0, 0.05) is 6.07 Å². The molecule has 2 nitrogen and oxygen atoms in total. The van der Waals surface area contributed by atoms with E-state index in [-0.39, 0.29) is 17.3 Å². The van der Waals surface area contributed by atoms with Crippen molar-refractivity contribution in [3.63, 3.8) is 0 Å². The highest BCUT2D eigenvalue weighted by Crippen LogP contribution is 2.26. The van der Waals surface area contributed by atoms with Crippen molar-refractivity contribution in [1.29, 1.82) is 0 Å². The summed E-state index contributed by atoms with van der Waals surface area (Å²) in [6.07, 6.45) is -2.77. The number of alkyl halides is 3. The first kappa shape index (κ1) is 11.1. The van der Waals surface area contributed by atoms with Crippen LogP contribution in [0.5, 0.6) is 5.75 Å². The van der Waals surface area contributed by atoms with Crippen molar-refractivity contribution < 1.29 is 17.9 Å². The van der Waals surface area contributed by atoms with Crippen molar-refractivity contribution in [2.24, 2.45) is 0 Å². The number of ether oxygens (including phenoxy) is 1. The Morgan fingerprint density at radius 2 is 2.21 bits per heavy atom. The lowest BCUT2D eigenvalue weighted by Crippen LogP contribution is -2.01. The fourth-order valence-corrected chi connectivity index (χ4v) is 1.10. The Bertz CT molecular complexity index is 307. The number of nitrogens with zero attached hydrogens (tertiary/aromatic N) is 1. The molecule has 1 rings (SSSR count). The second kappa shape index (κ2) is 4.50. The Morgan fingerprint density at radius 3 is 2.64 bits per heavy atom. The summed E-state index contributed by atoms with van der Waals surface area (Å²) in [7, 11) is 1.19. The smallest absolute Gasteiger partial charge is 0.280 e. The third-order valence-electron chi connectivity index (χ3n) is 1.58. The van der Waals surface area contributed by atoms with Gasteiger partial charge in [-0.2, -0.15) is 0 Å². The number of rotatable bonds is 3. The lowest BCUT2D eigenvalue weighted by molar-refractivity contribution is 0.145. The van der Waals surface area contributed by atoms with E-state index in [9.17, 15) is 13.2 Å². The van der Waals surface area contributed by atoms with Gasteiger partial charge in [0.15, 0.2) is 11.6 Å². The first-order valence-corrected chi connectivity index (χ1v) is 4.21. The van der Waals surface area contributed by atoms with E-state index in [1.54, 1.807) is 0 Å². The molecule has 0 aliphatic carbocycles. The second-order valence-electron chi connectivity index (χ2n) is 2.44. The molecule has 1 aromatic heterocycles. The van der Waals surface area contributed by atoms with Crippen molar-refractivity contribution in [3.8, 4) is 5.75 Å². The number of hydrogen-bond donors (Lipinski definition) is 0. The van der Waals surface area contributed by atoms with E-state index in [2.05, 4.69) is 9.72 Å². The normalized spacial score (nSPS) is 10.7. The average Bonchev–Trinajstić information content (AvgIpc) is 2.17. The van der Waals surface area contributed by atoms with Crippen LogP contribution < -0.4 is 4.74 Å². The van der Waals surface area contributed by atoms with Gasteiger partial charge in [0.1, 0.15) is 5.69 Å². The molecule has 0 saturated heterocycles. The van der Waals surface area contributed by atoms with Gasteiger partial charge in [-0.05, 0) is 0 Å². The zero-order chi connectivity index (χ0) is 10.7. The first-order chi connectivity index (χ1) is 6.60. The Balaban J connectivity index is 3.25. The molecular weight excluding hydrogens is 219 g/mol. The summed E-state index contributed by atoms with van der Waals surface area (Å²) in [6.45, 7) is 0. The highest BCUT2D eigenvalue weighted by Gasteiger charge is 2.17. The summed E-state index contributed by atoms with van der Waals surface area (Å²) < 4.78 is 42.3. The van der Waals surface area contributed by atoms with Gasteiger partial charge in [-0.15, -0.1) is 11.6 Å². The molecule has 0 fully saturated rings. The highest BCUT2D eigenvalue weighted by atomic mass is 35.5. The second-order valence-corrected chi connectivity index (χ2v) is 2.71. The standard InChI is InChI=1S/C8H7ClF3NO/c1-14-6-2-4(8(11)12)13-5(3-9)7(6)10/h2,8H,3H2,1H3. The summed E-state index contributed by atoms with van der Waals surface area (Å²) in [5.74, 6) is -1.35. The molecule has 1 aromatic rings. The number of aromatic nitrogens is 1. The van der Waals surface area contributed by atoms with Crippen LogP contribution in [0, 0.1) is 5.82 Å². The van der Waals surface area contributed by atoms with E-state index in [0.29, 0.717) is 0 Å². The first-order valence-electron chi connectivity index (χ1n) is 3.67. The fraction of sp³-hybridized carbons (Fsp3) is 0.375. The van der Waals surface area contributed by atoms with Crippen LogP contribution in [-0.4, -0.2) is 12.1 Å². The molecule has 6 heteroatoms. The van der Waals surface area contributed by atoms with E-state index in [0.717, 1.165) is 6.07 Å². The van der Waals surface area contributed by atoms with Crippen LogP contribution >= 0.6 is 11.6 Å². The Labute approximate surface area is 83.7 Å². The van der Waals surface area contributed by atoms with E-state index < -0.39 is 17.9 Å². The molecule has 0 unspecified atom stereocenters. The maximum absolute atomic E-state index is 13.2. The minimum atomic E-state index is -2.77. The zero-order valence-electron chi connectivity index (χ0n) is 7.23. The number of pyridine rings is 1. The van der Waals surface area contributed by atoms with Gasteiger partial charge in [-0.25, -0.2) is 18.2 Å². The van der Waals surface area contributed by atoms with Crippen LogP contribution in [0.1, 0.15) is 17.8 Å². The van der Waals surface area contributed by atoms with Crippen molar-refractivity contribution in [2.45, 2.75) is 12.3 Å². The monoisotopic (exact) mass is 225 g/mol. The molecule has 0 spiro atoms. The Hall–Kier alpha value is -0.970. The highest BCUT2D eigenvalue weighted by molar-refractivity contribution is 6.16. The molecular formula is C8H7ClF3NO. The number of hydrogen-bond acceptors (Lipinski definition) is 2. The SMILES string of the molecule is COc1cc(C(F)F)nc(CCl)c1F. The summed E-state index contributed by atoms with van der Waals surface area (Å²) in [5, 5.41) is 0. The van der Waals surface area contributed by atoms with Crippen LogP contribution in [0.4, 0.5) is 13.2 Å². The third kappa shape index (κ3) is 2.09. The molecule has 0 aromatic carbocycles. The van der Waals surface area contributed by atoms with Crippen molar-refractivity contribution in [3.05, 3.63) is 23.3 Å². The van der Waals surface area contributed by atoms with Crippen molar-refractivity contribution in [1.82, 2.24) is 4.98 Å². The van der Waals surface area contributed by atoms with E-state index >= 15 is 0 Å². The molecule has 0 bridgehead atoms. The van der Waals surface area contributed by atoms with Crippen molar-refractivity contribution >= 4 is 11.6 Å². The van der Waals surface area contributed by atoms with Gasteiger partial charge in [0.05, 0.1) is 18.7 Å². The predicted molar refractivity (Wildman–Crippen MR) is 45.3 cm³/mol. The summed E-state index contributed by atoms with van der Waals surface area (Å²) in [6, 6.07) is 0.857. The van der Waals surface area contributed by atoms with Gasteiger partial charge >= 0.3 is 0 Å². The maximum Gasteiger partial charge on any atom is 0.280 e. The predicted octanol–water partition coefficient (Wildman–Crippen LogP) is 2.91. The van der Waals surface area contributed by atoms with Crippen LogP contribution in [0.15, 0.2) is 6.07 Å². The largest absolute Gasteiger partial charge is 0.494 e. The summed E-state index contributed by atoms with van der Waals surface area (Å²) in [5.41, 5.74) is -0.778. The molecule has 78 valence electrons. The van der Waals surface area contributed by atoms with Gasteiger partial charge < -0.3 is 4.74 Å². The molecule has 0 amide bonds. The molecule has 1 heterocycles. The minimum absolute atomic E-state index is 0.235. The molecule has 14 heavy (non-hydrogen) atoms. The maximum atomic E-state index is 13.2. The van der Waals surface area contributed by atoms with Crippen LogP contribution in [0.25, 0.3) is 0 Å². The third-order valence-corrected chi connectivity index (χ3v) is 1.84. The van der Waals surface area contributed by atoms with E-state index in [1.807, 2.05) is 0 Å². The van der Waals surface area contributed by atoms with Crippen LogP contribution in [0.2, 0.25) is 0 Å². The zero-order valence-corrected chi connectivity index (χ0v) is 7.99. The number of halogens is 4. The lowest BCUT2D eigenvalue weighted by Gasteiger charge is -2.07. The minimum Gasteiger partial charge on any atom is -0.494 e. The lowest BCUT2D eigenvalue weighted by atomic mass is 10.3. The van der Waals surface area contributed by atoms with Crippen molar-refractivity contribution in [2.75, 3.05) is 7.11 Å². The topological polar surface area (TPSA) is 22.1 Å². The van der Waals surface area contributed by atoms with Crippen LogP contribution in [0.3, 0.4) is 0 Å². The van der Waals surface area contributed by atoms with Gasteiger partial charge in [0.25, 0.3) is 6.43 Å². The Kier molecular flexibility index (Phi) is 3.57. The molecule has 0 aliphatic rings. The molecule has 0 aliphatic heterocycles. The molecule has 0 N–H and O–H groups in total. The summed E-state index contributed by atoms with van der Waals surface area (Å²) >= 11 is 5.33. The Morgan fingerprint density at radius 1 is 1.57 bits per heavy atom. The quantitative estimate of drug-likeness (QED) is 0.738. The summed E-state index contributed by atoms with van der Waals surface area (Å²) in [4.78, 5) is 3.36. The van der Waals surface area contributed by atoms with E-state index in [1.165, 1.54) is 7.11 Å². The van der Waals surface area contributed by atoms with Gasteiger partial charge in [-0.1, -0.05) is 0 Å². The molecule has 0 atom stereocenters.